The first-order valence-electron chi connectivity index (χ1n) is 4.68. The molecule has 0 unspecified atom stereocenters. The number of hydrogen-bond acceptors (Lipinski definition) is 0. The molecule has 1 heteroatoms. The molecule has 1 aliphatic heterocycles. The zero-order chi connectivity index (χ0) is 7.61. The van der Waals surface area contributed by atoms with Crippen LogP contribution in [0.3, 0.4) is 0 Å². The van der Waals surface area contributed by atoms with Gasteiger partial charge in [-0.05, 0) is 5.92 Å². The van der Waals surface area contributed by atoms with Gasteiger partial charge in [-0.25, -0.2) is 0 Å². The Kier molecular flexibility index (Phi) is 2.56. The molecule has 0 bridgehead atoms. The quantitative estimate of drug-likeness (QED) is 0.546. The van der Waals surface area contributed by atoms with Gasteiger partial charge in [-0.1, -0.05) is 51.4 Å². The second kappa shape index (κ2) is 3.08. The van der Waals surface area contributed by atoms with Crippen molar-refractivity contribution in [2.24, 2.45) is 5.92 Å². The van der Waals surface area contributed by atoms with Crippen molar-refractivity contribution < 1.29 is 0 Å². The summed E-state index contributed by atoms with van der Waals surface area (Å²) >= 11 is 0. The second-order valence-corrected chi connectivity index (χ2v) is 9.26. The SMILES string of the molecule is CCC[Si]1(CC(C)C)CC1. The summed E-state index contributed by atoms with van der Waals surface area (Å²) in [4.78, 5) is 0. The van der Waals surface area contributed by atoms with Crippen LogP contribution in [0.15, 0.2) is 0 Å². The smallest absolute Gasteiger partial charge is 0.0532 e. The van der Waals surface area contributed by atoms with Gasteiger partial charge in [0.25, 0.3) is 0 Å². The molecule has 0 aromatic rings. The summed E-state index contributed by atoms with van der Waals surface area (Å²) in [5.74, 6) is 0.973. The summed E-state index contributed by atoms with van der Waals surface area (Å²) in [5.41, 5.74) is 0. The third-order valence-corrected chi connectivity index (χ3v) is 7.74. The molecule has 0 N–H and O–H groups in total. The van der Waals surface area contributed by atoms with Crippen LogP contribution in [0.4, 0.5) is 0 Å². The second-order valence-electron chi connectivity index (χ2n) is 4.35. The fraction of sp³-hybridized carbons (Fsp3) is 1.00. The molecule has 0 aromatic carbocycles. The van der Waals surface area contributed by atoms with Gasteiger partial charge in [-0.15, -0.1) is 0 Å². The van der Waals surface area contributed by atoms with Gasteiger partial charge in [0.05, 0.1) is 8.07 Å². The molecule has 60 valence electrons. The van der Waals surface area contributed by atoms with E-state index in [9.17, 15) is 0 Å². The first-order chi connectivity index (χ1) is 4.68. The molecule has 10 heavy (non-hydrogen) atoms. The average Bonchev–Trinajstić information content (AvgIpc) is 2.47. The van der Waals surface area contributed by atoms with Gasteiger partial charge >= 0.3 is 0 Å². The molecule has 1 saturated heterocycles. The van der Waals surface area contributed by atoms with E-state index in [2.05, 4.69) is 20.8 Å². The largest absolute Gasteiger partial charge is 0.0657 e. The van der Waals surface area contributed by atoms with E-state index in [-0.39, 0.29) is 0 Å². The zero-order valence-corrected chi connectivity index (χ0v) is 8.61. The van der Waals surface area contributed by atoms with E-state index in [1.807, 2.05) is 0 Å². The van der Waals surface area contributed by atoms with Crippen molar-refractivity contribution in [2.45, 2.75) is 51.4 Å². The van der Waals surface area contributed by atoms with Crippen LogP contribution in [0.25, 0.3) is 0 Å². The molecule has 0 amide bonds. The lowest BCUT2D eigenvalue weighted by molar-refractivity contribution is 0.720. The first-order valence-corrected chi connectivity index (χ1v) is 7.51. The van der Waals surface area contributed by atoms with E-state index < -0.39 is 8.07 Å². The Morgan fingerprint density at radius 2 is 1.90 bits per heavy atom. The van der Waals surface area contributed by atoms with Crippen molar-refractivity contribution in [3.63, 3.8) is 0 Å². The topological polar surface area (TPSA) is 0 Å². The third-order valence-electron chi connectivity index (χ3n) is 2.58. The van der Waals surface area contributed by atoms with Gasteiger partial charge < -0.3 is 0 Å². The summed E-state index contributed by atoms with van der Waals surface area (Å²) in [6.45, 7) is 7.10. The maximum atomic E-state index is 2.38. The molecular formula is C9H20Si. The Balaban J connectivity index is 2.23. The summed E-state index contributed by atoms with van der Waals surface area (Å²) < 4.78 is 0. The molecule has 1 rings (SSSR count). The Hall–Kier alpha value is 0.217. The lowest BCUT2D eigenvalue weighted by Crippen LogP contribution is -2.15. The van der Waals surface area contributed by atoms with Crippen molar-refractivity contribution in [1.82, 2.24) is 0 Å². The Bertz CT molecular complexity index is 103. The van der Waals surface area contributed by atoms with Crippen molar-refractivity contribution in [3.05, 3.63) is 0 Å². The van der Waals surface area contributed by atoms with Crippen LogP contribution in [0, 0.1) is 5.92 Å². The highest BCUT2D eigenvalue weighted by atomic mass is 28.3. The van der Waals surface area contributed by atoms with Crippen LogP contribution in [-0.2, 0) is 0 Å². The molecular weight excluding hydrogens is 136 g/mol. The summed E-state index contributed by atoms with van der Waals surface area (Å²) in [6.07, 6.45) is 1.44. The van der Waals surface area contributed by atoms with E-state index in [0.29, 0.717) is 0 Å². The van der Waals surface area contributed by atoms with E-state index in [1.165, 1.54) is 6.42 Å². The molecule has 1 heterocycles. The Morgan fingerprint density at radius 3 is 2.20 bits per heavy atom. The van der Waals surface area contributed by atoms with Gasteiger partial charge in [-0.2, -0.15) is 0 Å². The van der Waals surface area contributed by atoms with Crippen LogP contribution in [0.1, 0.15) is 27.2 Å². The van der Waals surface area contributed by atoms with Crippen LogP contribution in [-0.4, -0.2) is 8.07 Å². The fourth-order valence-electron chi connectivity index (χ4n) is 2.13. The highest BCUT2D eigenvalue weighted by Gasteiger charge is 2.43. The molecule has 0 atom stereocenters. The molecule has 0 nitrogen and oxygen atoms in total. The van der Waals surface area contributed by atoms with E-state index in [0.717, 1.165) is 5.92 Å². The van der Waals surface area contributed by atoms with Crippen LogP contribution in [0.5, 0.6) is 0 Å². The van der Waals surface area contributed by atoms with Gasteiger partial charge in [0, 0.05) is 0 Å². The van der Waals surface area contributed by atoms with Crippen LogP contribution in [0.2, 0.25) is 24.2 Å². The van der Waals surface area contributed by atoms with Gasteiger partial charge in [0.15, 0.2) is 0 Å². The van der Waals surface area contributed by atoms with E-state index in [4.69, 9.17) is 0 Å². The van der Waals surface area contributed by atoms with Crippen molar-refractivity contribution in [3.8, 4) is 0 Å². The minimum Gasteiger partial charge on any atom is -0.0657 e. The minimum atomic E-state index is -0.516. The van der Waals surface area contributed by atoms with Crippen molar-refractivity contribution in [2.75, 3.05) is 0 Å². The number of hydrogen-bond donors (Lipinski definition) is 0. The third kappa shape index (κ3) is 2.12. The molecule has 0 spiro atoms. The molecule has 0 saturated carbocycles. The lowest BCUT2D eigenvalue weighted by Gasteiger charge is -2.13. The minimum absolute atomic E-state index is 0.516. The summed E-state index contributed by atoms with van der Waals surface area (Å²) in [6, 6.07) is 6.53. The molecule has 0 aromatic heterocycles. The highest BCUT2D eigenvalue weighted by Crippen LogP contribution is 2.45. The van der Waals surface area contributed by atoms with Gasteiger partial charge in [0.2, 0.25) is 0 Å². The van der Waals surface area contributed by atoms with Gasteiger partial charge in [0.1, 0.15) is 0 Å². The average molecular weight is 156 g/mol. The Morgan fingerprint density at radius 1 is 1.30 bits per heavy atom. The number of rotatable bonds is 4. The molecule has 0 radical (unpaired) electrons. The molecule has 1 fully saturated rings. The molecule has 0 aliphatic carbocycles. The summed E-state index contributed by atoms with van der Waals surface area (Å²) in [5, 5.41) is 0. The van der Waals surface area contributed by atoms with Crippen LogP contribution >= 0.6 is 0 Å². The Labute approximate surface area is 66.0 Å². The monoisotopic (exact) mass is 156 g/mol. The maximum Gasteiger partial charge on any atom is 0.0532 e. The van der Waals surface area contributed by atoms with E-state index >= 15 is 0 Å². The predicted octanol–water partition coefficient (Wildman–Crippen LogP) is 3.51. The lowest BCUT2D eigenvalue weighted by atomic mass is 10.3. The zero-order valence-electron chi connectivity index (χ0n) is 7.61. The standard InChI is InChI=1S/C9H20Si/c1-4-5-10(6-7-10)8-9(2)3/h9H,4-8H2,1-3H3. The van der Waals surface area contributed by atoms with Crippen LogP contribution < -0.4 is 0 Å². The first kappa shape index (κ1) is 8.31. The van der Waals surface area contributed by atoms with E-state index in [1.54, 1.807) is 24.2 Å². The van der Waals surface area contributed by atoms with Gasteiger partial charge in [-0.3, -0.25) is 0 Å². The molecule has 1 aliphatic rings. The summed E-state index contributed by atoms with van der Waals surface area (Å²) in [7, 11) is -0.516. The normalized spacial score (nSPS) is 21.6. The maximum absolute atomic E-state index is 2.38. The van der Waals surface area contributed by atoms with Crippen molar-refractivity contribution in [1.29, 1.82) is 0 Å². The fourth-order valence-corrected chi connectivity index (χ4v) is 7.45. The highest BCUT2D eigenvalue weighted by molar-refractivity contribution is 6.89. The predicted molar refractivity (Wildman–Crippen MR) is 50.1 cm³/mol. The van der Waals surface area contributed by atoms with Crippen molar-refractivity contribution >= 4 is 8.07 Å².